The Morgan fingerprint density at radius 2 is 1.69 bits per heavy atom. The van der Waals surface area contributed by atoms with E-state index in [1.54, 1.807) is 0 Å². The summed E-state index contributed by atoms with van der Waals surface area (Å²) in [4.78, 5) is 11.4. The largest absolute Gasteiger partial charge is 0.410 e. The Morgan fingerprint density at radius 1 is 1.12 bits per heavy atom. The van der Waals surface area contributed by atoms with Gasteiger partial charge in [-0.1, -0.05) is 36.9 Å². The second-order valence-corrected chi connectivity index (χ2v) is 11.8. The molecule has 0 aliphatic rings. The standard InChI is InChI=1S/C11H11Cl3OSi/c1-9(10-5-3-2-4-6-10)7-8-11(15)16(12,13)14/h2-6H,1,7-8H2. The molecule has 0 saturated heterocycles. The van der Waals surface area contributed by atoms with Crippen molar-refractivity contribution in [3.63, 3.8) is 0 Å². The van der Waals surface area contributed by atoms with Gasteiger partial charge in [0, 0.05) is 6.42 Å². The lowest BCUT2D eigenvalue weighted by Crippen LogP contribution is -2.25. The molecule has 5 heteroatoms. The summed E-state index contributed by atoms with van der Waals surface area (Å²) in [6, 6.07) is 6.47. The lowest BCUT2D eigenvalue weighted by atomic mass is 10.0. The van der Waals surface area contributed by atoms with E-state index in [2.05, 4.69) is 6.58 Å². The summed E-state index contributed by atoms with van der Waals surface area (Å²) in [5, 5.41) is -0.269. The average molecular weight is 294 g/mol. The fourth-order valence-electron chi connectivity index (χ4n) is 1.22. The normalized spacial score (nSPS) is 11.2. The number of benzene rings is 1. The minimum Gasteiger partial charge on any atom is -0.300 e. The van der Waals surface area contributed by atoms with Crippen LogP contribution in [0.5, 0.6) is 0 Å². The minimum absolute atomic E-state index is 0.246. The lowest BCUT2D eigenvalue weighted by Gasteiger charge is -2.08. The molecule has 1 nitrogen and oxygen atoms in total. The number of halogens is 3. The summed E-state index contributed by atoms with van der Waals surface area (Å²) in [6.45, 7) is 3.91. The zero-order chi connectivity index (χ0) is 12.2. The second kappa shape index (κ2) is 5.87. The highest BCUT2D eigenvalue weighted by atomic mass is 35.8. The molecule has 0 amide bonds. The van der Waals surface area contributed by atoms with Crippen LogP contribution in [-0.2, 0) is 4.79 Å². The summed E-state index contributed by atoms with van der Waals surface area (Å²) in [5.74, 6) is 0. The zero-order valence-corrected chi connectivity index (χ0v) is 11.8. The van der Waals surface area contributed by atoms with E-state index in [0.29, 0.717) is 6.42 Å². The van der Waals surface area contributed by atoms with Gasteiger partial charge in [0.1, 0.15) is 0 Å². The van der Waals surface area contributed by atoms with Crippen LogP contribution < -0.4 is 0 Å². The van der Waals surface area contributed by atoms with E-state index >= 15 is 0 Å². The minimum atomic E-state index is -3.19. The highest BCUT2D eigenvalue weighted by molar-refractivity contribution is 7.75. The van der Waals surface area contributed by atoms with Crippen LogP contribution in [0.15, 0.2) is 36.9 Å². The van der Waals surface area contributed by atoms with E-state index in [1.165, 1.54) is 0 Å². The van der Waals surface area contributed by atoms with Gasteiger partial charge in [-0.05, 0) is 17.6 Å². The van der Waals surface area contributed by atoms with Gasteiger partial charge in [-0.3, -0.25) is 0 Å². The highest BCUT2D eigenvalue weighted by Crippen LogP contribution is 2.25. The molecule has 1 aromatic rings. The summed E-state index contributed by atoms with van der Waals surface area (Å²) in [5.41, 5.74) is 1.90. The molecule has 0 bridgehead atoms. The first-order valence-electron chi connectivity index (χ1n) is 4.74. The SMILES string of the molecule is C=C(CCC(=O)[Si](Cl)(Cl)Cl)c1ccccc1. The molecule has 0 saturated carbocycles. The number of hydrogen-bond donors (Lipinski definition) is 0. The molecule has 0 unspecified atom stereocenters. The van der Waals surface area contributed by atoms with Crippen molar-refractivity contribution in [2.45, 2.75) is 12.8 Å². The molecule has 0 spiro atoms. The van der Waals surface area contributed by atoms with Gasteiger partial charge in [0.2, 0.25) is 0 Å². The summed E-state index contributed by atoms with van der Waals surface area (Å²) in [6.07, 6.45) is 0.778. The van der Waals surface area contributed by atoms with Crippen LogP contribution in [0.2, 0.25) is 0 Å². The van der Waals surface area contributed by atoms with Gasteiger partial charge in [0.25, 0.3) is 0 Å². The van der Waals surface area contributed by atoms with Crippen molar-refractivity contribution in [3.8, 4) is 0 Å². The Bertz CT molecular complexity index is 384. The van der Waals surface area contributed by atoms with Crippen LogP contribution in [0.4, 0.5) is 0 Å². The van der Waals surface area contributed by atoms with E-state index in [-0.39, 0.29) is 11.8 Å². The number of allylic oxidation sites excluding steroid dienone is 1. The Morgan fingerprint density at radius 3 is 2.19 bits per heavy atom. The molecule has 0 aliphatic heterocycles. The quantitative estimate of drug-likeness (QED) is 0.586. The average Bonchev–Trinajstić information content (AvgIpc) is 2.25. The topological polar surface area (TPSA) is 17.1 Å². The first kappa shape index (κ1) is 13.8. The molecule has 16 heavy (non-hydrogen) atoms. The Kier molecular flexibility index (Phi) is 5.06. The smallest absolute Gasteiger partial charge is 0.300 e. The molecular formula is C11H11Cl3OSi. The molecule has 1 rings (SSSR count). The number of rotatable bonds is 5. The molecule has 0 aromatic heterocycles. The molecule has 0 aliphatic carbocycles. The van der Waals surface area contributed by atoms with E-state index in [0.717, 1.165) is 11.1 Å². The van der Waals surface area contributed by atoms with Gasteiger partial charge in [-0.25, -0.2) is 0 Å². The molecule has 86 valence electrons. The second-order valence-electron chi connectivity index (χ2n) is 3.39. The molecule has 0 N–H and O–H groups in total. The van der Waals surface area contributed by atoms with Crippen LogP contribution in [0.1, 0.15) is 18.4 Å². The molecule has 0 atom stereocenters. The summed E-state index contributed by atoms with van der Waals surface area (Å²) >= 11 is 16.8. The van der Waals surface area contributed by atoms with Crippen LogP contribution in [0.3, 0.4) is 0 Å². The van der Waals surface area contributed by atoms with Crippen LogP contribution in [0, 0.1) is 0 Å². The van der Waals surface area contributed by atoms with Crippen molar-refractivity contribution in [2.24, 2.45) is 0 Å². The number of hydrogen-bond acceptors (Lipinski definition) is 1. The maximum absolute atomic E-state index is 11.4. The summed E-state index contributed by atoms with van der Waals surface area (Å²) in [7, 11) is 0. The molecular weight excluding hydrogens is 283 g/mol. The van der Waals surface area contributed by atoms with Crippen LogP contribution in [-0.4, -0.2) is 11.4 Å². The zero-order valence-electron chi connectivity index (χ0n) is 8.55. The first-order chi connectivity index (χ1) is 7.41. The first-order valence-corrected chi connectivity index (χ1v) is 9.78. The van der Waals surface area contributed by atoms with Gasteiger partial charge in [-0.15, -0.1) is 33.2 Å². The van der Waals surface area contributed by atoms with Gasteiger partial charge in [0.05, 0.1) is 0 Å². The fourth-order valence-corrected chi connectivity index (χ4v) is 2.48. The van der Waals surface area contributed by atoms with Crippen molar-refractivity contribution in [1.29, 1.82) is 0 Å². The fraction of sp³-hybridized carbons (Fsp3) is 0.182. The predicted molar refractivity (Wildman–Crippen MR) is 73.0 cm³/mol. The summed E-state index contributed by atoms with van der Waals surface area (Å²) < 4.78 is 0. The van der Waals surface area contributed by atoms with E-state index in [9.17, 15) is 4.79 Å². The van der Waals surface area contributed by atoms with Crippen molar-refractivity contribution < 1.29 is 4.79 Å². The van der Waals surface area contributed by atoms with Crippen molar-refractivity contribution >= 4 is 50.2 Å². The third-order valence-electron chi connectivity index (χ3n) is 2.15. The van der Waals surface area contributed by atoms with E-state index in [1.807, 2.05) is 30.3 Å². The monoisotopic (exact) mass is 292 g/mol. The third-order valence-corrected chi connectivity index (χ3v) is 4.93. The third kappa shape index (κ3) is 4.30. The maximum atomic E-state index is 11.4. The van der Waals surface area contributed by atoms with Crippen molar-refractivity contribution in [1.82, 2.24) is 0 Å². The van der Waals surface area contributed by atoms with E-state index < -0.39 is 6.00 Å². The van der Waals surface area contributed by atoms with Crippen molar-refractivity contribution in [3.05, 3.63) is 42.5 Å². The van der Waals surface area contributed by atoms with Gasteiger partial charge >= 0.3 is 6.00 Å². The Labute approximate surface area is 110 Å². The van der Waals surface area contributed by atoms with Gasteiger partial charge in [-0.2, -0.15) is 0 Å². The predicted octanol–water partition coefficient (Wildman–Crippen LogP) is 4.24. The molecule has 0 fully saturated rings. The number of carbonyl (C=O) groups is 1. The lowest BCUT2D eigenvalue weighted by molar-refractivity contribution is -0.112. The maximum Gasteiger partial charge on any atom is 0.410 e. The van der Waals surface area contributed by atoms with E-state index in [4.69, 9.17) is 33.2 Å². The molecule has 0 heterocycles. The Balaban J connectivity index is 2.52. The molecule has 0 radical (unpaired) electrons. The Hall–Kier alpha value is -0.283. The highest BCUT2D eigenvalue weighted by Gasteiger charge is 2.34. The van der Waals surface area contributed by atoms with Crippen LogP contribution >= 0.6 is 33.2 Å². The van der Waals surface area contributed by atoms with Gasteiger partial charge < -0.3 is 4.79 Å². The van der Waals surface area contributed by atoms with Crippen molar-refractivity contribution in [2.75, 3.05) is 0 Å². The number of carbonyl (C=O) groups excluding carboxylic acids is 1. The van der Waals surface area contributed by atoms with Gasteiger partial charge in [0.15, 0.2) is 5.41 Å². The molecule has 1 aromatic carbocycles. The van der Waals surface area contributed by atoms with Crippen LogP contribution in [0.25, 0.3) is 5.57 Å².